The number of hydrogen-bond acceptors (Lipinski definition) is 4. The minimum absolute atomic E-state index is 0. The van der Waals surface area contributed by atoms with E-state index in [0.717, 1.165) is 29.7 Å². The van der Waals surface area contributed by atoms with Gasteiger partial charge in [0.15, 0.2) is 0 Å². The second-order valence-corrected chi connectivity index (χ2v) is 8.23. The first-order valence-corrected chi connectivity index (χ1v) is 10.9. The summed E-state index contributed by atoms with van der Waals surface area (Å²) < 4.78 is 5.71. The Kier molecular flexibility index (Phi) is 9.92. The molecule has 0 aromatic heterocycles. The number of carboxylic acids is 1. The average molecular weight is 470 g/mol. The van der Waals surface area contributed by atoms with Crippen molar-refractivity contribution < 1.29 is 19.7 Å². The van der Waals surface area contributed by atoms with Gasteiger partial charge in [-0.25, -0.2) is 4.79 Å². The lowest BCUT2D eigenvalue weighted by Gasteiger charge is -2.20. The van der Waals surface area contributed by atoms with Crippen LogP contribution in [0.5, 0.6) is 5.75 Å². The molecule has 3 aromatic rings. The topological polar surface area (TPSA) is 78.8 Å². The molecule has 33 heavy (non-hydrogen) atoms. The van der Waals surface area contributed by atoms with Gasteiger partial charge in [-0.2, -0.15) is 0 Å². The van der Waals surface area contributed by atoms with Gasteiger partial charge in [0.25, 0.3) is 0 Å². The van der Waals surface area contributed by atoms with Gasteiger partial charge < -0.3 is 20.3 Å². The molecule has 0 saturated carbocycles. The van der Waals surface area contributed by atoms with Gasteiger partial charge in [0, 0.05) is 6.04 Å². The smallest absolute Gasteiger partial charge is 0.339 e. The van der Waals surface area contributed by atoms with E-state index in [4.69, 9.17) is 4.74 Å². The highest BCUT2D eigenvalue weighted by molar-refractivity contribution is 5.92. The Labute approximate surface area is 201 Å². The molecule has 0 unspecified atom stereocenters. The standard InChI is InChI=1S/C27H31NO4.ClH/c1-18(2)32-25-17-23(13-14-24(25)27(30)31)21-11-9-20(10-12-21)15-16-28-19(3)26(29)22-7-5-4-6-8-22;/h4-14,17-19,26,28-29H,15-16H2,1-3H3,(H,30,31);1H/t19-,26-;/m0./s1. The Morgan fingerprint density at radius 1 is 0.939 bits per heavy atom. The van der Waals surface area contributed by atoms with Gasteiger partial charge >= 0.3 is 5.97 Å². The maximum atomic E-state index is 11.5. The molecular weight excluding hydrogens is 438 g/mol. The zero-order chi connectivity index (χ0) is 23.1. The number of nitrogens with one attached hydrogen (secondary N) is 1. The van der Waals surface area contributed by atoms with E-state index in [1.54, 1.807) is 18.2 Å². The SMILES string of the molecule is CC(C)Oc1cc(-c2ccc(CCN[C@@H](C)[C@H](O)c3ccccc3)cc2)ccc1C(=O)O.Cl. The van der Waals surface area contributed by atoms with Crippen LogP contribution in [0.15, 0.2) is 72.8 Å². The van der Waals surface area contributed by atoms with Crippen molar-refractivity contribution in [2.75, 3.05) is 6.54 Å². The number of benzene rings is 3. The second-order valence-electron chi connectivity index (χ2n) is 8.23. The van der Waals surface area contributed by atoms with Crippen molar-refractivity contribution in [2.24, 2.45) is 0 Å². The molecular formula is C27H32ClNO4. The van der Waals surface area contributed by atoms with Crippen molar-refractivity contribution in [3.05, 3.63) is 89.5 Å². The van der Waals surface area contributed by atoms with Gasteiger partial charge in [-0.05, 0) is 68.1 Å². The largest absolute Gasteiger partial charge is 0.490 e. The Bertz CT molecular complexity index is 1020. The third-order valence-electron chi connectivity index (χ3n) is 5.36. The zero-order valence-corrected chi connectivity index (χ0v) is 20.0. The first kappa shape index (κ1) is 26.4. The summed E-state index contributed by atoms with van der Waals surface area (Å²) in [5.41, 5.74) is 4.17. The van der Waals surface area contributed by atoms with Gasteiger partial charge in [-0.3, -0.25) is 0 Å². The van der Waals surface area contributed by atoms with Crippen molar-refractivity contribution in [1.29, 1.82) is 0 Å². The molecule has 2 atom stereocenters. The number of ether oxygens (including phenoxy) is 1. The van der Waals surface area contributed by atoms with Crippen LogP contribution in [0.1, 0.15) is 48.4 Å². The predicted octanol–water partition coefficient (Wildman–Crippen LogP) is 5.52. The molecule has 3 aromatic carbocycles. The number of aliphatic hydroxyl groups is 1. The van der Waals surface area contributed by atoms with Crippen LogP contribution in [0.2, 0.25) is 0 Å². The van der Waals surface area contributed by atoms with Gasteiger partial charge in [0.05, 0.1) is 12.2 Å². The van der Waals surface area contributed by atoms with Gasteiger partial charge in [-0.1, -0.05) is 60.7 Å². The molecule has 0 aliphatic heterocycles. The van der Waals surface area contributed by atoms with E-state index in [0.29, 0.717) is 5.75 Å². The normalized spacial score (nSPS) is 12.6. The van der Waals surface area contributed by atoms with Gasteiger partial charge in [-0.15, -0.1) is 12.4 Å². The molecule has 0 aliphatic carbocycles. The maximum Gasteiger partial charge on any atom is 0.339 e. The van der Waals surface area contributed by atoms with E-state index in [9.17, 15) is 15.0 Å². The highest BCUT2D eigenvalue weighted by Crippen LogP contribution is 2.28. The number of carbonyl (C=O) groups is 1. The molecule has 0 fully saturated rings. The summed E-state index contributed by atoms with van der Waals surface area (Å²) in [5, 5.41) is 23.3. The van der Waals surface area contributed by atoms with E-state index < -0.39 is 12.1 Å². The van der Waals surface area contributed by atoms with Crippen LogP contribution < -0.4 is 10.1 Å². The molecule has 176 valence electrons. The van der Waals surface area contributed by atoms with Gasteiger partial charge in [0.2, 0.25) is 0 Å². The molecule has 0 amide bonds. The van der Waals surface area contributed by atoms with Crippen LogP contribution in [-0.2, 0) is 6.42 Å². The summed E-state index contributed by atoms with van der Waals surface area (Å²) >= 11 is 0. The molecule has 0 spiro atoms. The van der Waals surface area contributed by atoms with Crippen molar-refractivity contribution in [1.82, 2.24) is 5.32 Å². The van der Waals surface area contributed by atoms with Crippen LogP contribution in [0.4, 0.5) is 0 Å². The predicted molar refractivity (Wildman–Crippen MR) is 134 cm³/mol. The third kappa shape index (κ3) is 7.32. The Hall–Kier alpha value is -2.86. The molecule has 3 rings (SSSR count). The summed E-state index contributed by atoms with van der Waals surface area (Å²) in [5.74, 6) is -0.620. The highest BCUT2D eigenvalue weighted by atomic mass is 35.5. The van der Waals surface area contributed by atoms with E-state index in [1.807, 2.05) is 63.2 Å². The van der Waals surface area contributed by atoms with Crippen molar-refractivity contribution in [3.8, 4) is 16.9 Å². The number of rotatable bonds is 10. The summed E-state index contributed by atoms with van der Waals surface area (Å²) in [4.78, 5) is 11.5. The zero-order valence-electron chi connectivity index (χ0n) is 19.2. The Balaban J connectivity index is 0.00000385. The third-order valence-corrected chi connectivity index (χ3v) is 5.36. The summed E-state index contributed by atoms with van der Waals surface area (Å²) in [6.45, 7) is 6.49. The Morgan fingerprint density at radius 2 is 1.58 bits per heavy atom. The number of hydrogen-bond donors (Lipinski definition) is 3. The van der Waals surface area contributed by atoms with Crippen molar-refractivity contribution >= 4 is 18.4 Å². The molecule has 6 heteroatoms. The first-order valence-electron chi connectivity index (χ1n) is 10.9. The highest BCUT2D eigenvalue weighted by Gasteiger charge is 2.16. The number of aliphatic hydroxyl groups excluding tert-OH is 1. The van der Waals surface area contributed by atoms with Crippen LogP contribution in [0.25, 0.3) is 11.1 Å². The quantitative estimate of drug-likeness (QED) is 0.364. The fraction of sp³-hybridized carbons (Fsp3) is 0.296. The molecule has 0 radical (unpaired) electrons. The minimum atomic E-state index is -0.998. The molecule has 3 N–H and O–H groups in total. The summed E-state index contributed by atoms with van der Waals surface area (Å²) in [7, 11) is 0. The summed E-state index contributed by atoms with van der Waals surface area (Å²) in [6.07, 6.45) is 0.182. The fourth-order valence-electron chi connectivity index (χ4n) is 3.59. The first-order chi connectivity index (χ1) is 15.3. The molecule has 0 aliphatic rings. The van der Waals surface area contributed by atoms with E-state index in [-0.39, 0.29) is 30.1 Å². The molecule has 5 nitrogen and oxygen atoms in total. The lowest BCUT2D eigenvalue weighted by atomic mass is 10.0. The number of aromatic carboxylic acids is 1. The molecule has 0 saturated heterocycles. The van der Waals surface area contributed by atoms with Crippen molar-refractivity contribution in [3.63, 3.8) is 0 Å². The molecule has 0 bridgehead atoms. The van der Waals surface area contributed by atoms with E-state index in [1.165, 1.54) is 5.56 Å². The fourth-order valence-corrected chi connectivity index (χ4v) is 3.59. The lowest BCUT2D eigenvalue weighted by Crippen LogP contribution is -2.33. The number of halogens is 1. The van der Waals surface area contributed by atoms with Crippen LogP contribution in [0.3, 0.4) is 0 Å². The monoisotopic (exact) mass is 469 g/mol. The number of carboxylic acid groups (broad SMARTS) is 1. The summed E-state index contributed by atoms with van der Waals surface area (Å²) in [6, 6.07) is 23.0. The van der Waals surface area contributed by atoms with Crippen LogP contribution in [-0.4, -0.2) is 34.9 Å². The molecule has 0 heterocycles. The van der Waals surface area contributed by atoms with E-state index >= 15 is 0 Å². The van der Waals surface area contributed by atoms with Gasteiger partial charge in [0.1, 0.15) is 11.3 Å². The van der Waals surface area contributed by atoms with Crippen molar-refractivity contribution in [2.45, 2.75) is 45.4 Å². The van der Waals surface area contributed by atoms with E-state index in [2.05, 4.69) is 17.4 Å². The minimum Gasteiger partial charge on any atom is -0.490 e. The second kappa shape index (κ2) is 12.4. The maximum absolute atomic E-state index is 11.5. The lowest BCUT2D eigenvalue weighted by molar-refractivity contribution is 0.0690. The van der Waals surface area contributed by atoms with Crippen LogP contribution >= 0.6 is 12.4 Å². The Morgan fingerprint density at radius 3 is 2.18 bits per heavy atom. The average Bonchev–Trinajstić information content (AvgIpc) is 2.79. The van der Waals surface area contributed by atoms with Crippen LogP contribution in [0, 0.1) is 0 Å².